The Morgan fingerprint density at radius 3 is 2.61 bits per heavy atom. The van der Waals surface area contributed by atoms with E-state index in [1.54, 1.807) is 5.57 Å². The van der Waals surface area contributed by atoms with Crippen molar-refractivity contribution in [2.45, 2.75) is 77.2 Å². The van der Waals surface area contributed by atoms with Crippen LogP contribution in [0.25, 0.3) is 11.3 Å². The number of aryl methyl sites for hydroxylation is 1. The van der Waals surface area contributed by atoms with Gasteiger partial charge in [-0.15, -0.1) is 0 Å². The summed E-state index contributed by atoms with van der Waals surface area (Å²) in [5.74, 6) is 3.13. The first-order valence-electron chi connectivity index (χ1n) is 13.3. The molecule has 0 aliphatic heterocycles. The molecule has 0 amide bonds. The lowest BCUT2D eigenvalue weighted by Crippen LogP contribution is -2.50. The van der Waals surface area contributed by atoms with E-state index in [-0.39, 0.29) is 0 Å². The highest BCUT2D eigenvalue weighted by Crippen LogP contribution is 2.68. The summed E-state index contributed by atoms with van der Waals surface area (Å²) < 4.78 is 7.87. The van der Waals surface area contributed by atoms with Gasteiger partial charge in [-0.2, -0.15) is 5.10 Å². The zero-order valence-electron chi connectivity index (χ0n) is 20.9. The maximum absolute atomic E-state index is 5.76. The van der Waals surface area contributed by atoms with Crippen LogP contribution in [0.5, 0.6) is 0 Å². The van der Waals surface area contributed by atoms with Crippen molar-refractivity contribution in [2.24, 2.45) is 35.6 Å². The molecule has 176 valence electrons. The van der Waals surface area contributed by atoms with E-state index in [4.69, 9.17) is 9.84 Å². The average Bonchev–Trinajstić information content (AvgIpc) is 3.38. The van der Waals surface area contributed by atoms with Crippen molar-refractivity contribution < 1.29 is 4.74 Å². The predicted molar refractivity (Wildman–Crippen MR) is 134 cm³/mol. The van der Waals surface area contributed by atoms with E-state index in [0.29, 0.717) is 22.9 Å². The minimum Gasteiger partial charge on any atom is -0.381 e. The fraction of sp³-hybridized carbons (Fsp3) is 0.633. The number of fused-ring (bicyclic) bond motifs is 5. The van der Waals surface area contributed by atoms with Gasteiger partial charge in [0.2, 0.25) is 0 Å². The molecule has 0 radical (unpaired) electrons. The van der Waals surface area contributed by atoms with E-state index in [9.17, 15) is 0 Å². The van der Waals surface area contributed by atoms with Gasteiger partial charge in [0, 0.05) is 20.1 Å². The van der Waals surface area contributed by atoms with E-state index >= 15 is 0 Å². The van der Waals surface area contributed by atoms with Gasteiger partial charge in [0.05, 0.1) is 17.5 Å². The Morgan fingerprint density at radius 2 is 1.82 bits per heavy atom. The van der Waals surface area contributed by atoms with E-state index in [1.807, 2.05) is 7.11 Å². The lowest BCUT2D eigenvalue weighted by Gasteiger charge is -2.58. The van der Waals surface area contributed by atoms with Crippen LogP contribution in [0.4, 0.5) is 0 Å². The topological polar surface area (TPSA) is 27.1 Å². The van der Waals surface area contributed by atoms with Crippen LogP contribution < -0.4 is 0 Å². The maximum Gasteiger partial charge on any atom is 0.0681 e. The van der Waals surface area contributed by atoms with Crippen LogP contribution in [0.15, 0.2) is 48.0 Å². The molecule has 0 spiro atoms. The number of nitrogens with zero attached hydrogens (tertiary/aromatic N) is 2. The molecule has 6 rings (SSSR count). The molecule has 1 aromatic carbocycles. The van der Waals surface area contributed by atoms with Crippen molar-refractivity contribution >= 4 is 0 Å². The predicted octanol–water partition coefficient (Wildman–Crippen LogP) is 7.15. The first-order chi connectivity index (χ1) is 15.9. The molecule has 1 heterocycles. The van der Waals surface area contributed by atoms with Crippen LogP contribution in [0, 0.1) is 28.6 Å². The summed E-state index contributed by atoms with van der Waals surface area (Å²) in [5.41, 5.74) is 6.36. The molecule has 3 fully saturated rings. The average molecular weight is 445 g/mol. The van der Waals surface area contributed by atoms with Crippen LogP contribution in [-0.4, -0.2) is 23.0 Å². The SMILES string of the molecule is CO[C@H]1CC[C@@]2(C)C(=CC[C@H]3[C@@H]4CC[C@H](c5cc(-c6ccccc6)n(C)n5)[C@@]4(C)CC[C@@H]32)C1. The van der Waals surface area contributed by atoms with Gasteiger partial charge in [0.1, 0.15) is 0 Å². The second kappa shape index (κ2) is 7.83. The summed E-state index contributed by atoms with van der Waals surface area (Å²) in [7, 11) is 4.01. The summed E-state index contributed by atoms with van der Waals surface area (Å²) in [4.78, 5) is 0. The maximum atomic E-state index is 5.76. The second-order valence-corrected chi connectivity index (χ2v) is 12.0. The van der Waals surface area contributed by atoms with Gasteiger partial charge in [-0.1, -0.05) is 55.8 Å². The van der Waals surface area contributed by atoms with Crippen molar-refractivity contribution in [2.75, 3.05) is 7.11 Å². The molecule has 2 aromatic rings. The van der Waals surface area contributed by atoms with Crippen molar-refractivity contribution in [1.29, 1.82) is 0 Å². The number of ether oxygens (including phenoxy) is 1. The third kappa shape index (κ3) is 3.21. The van der Waals surface area contributed by atoms with Gasteiger partial charge in [0.15, 0.2) is 0 Å². The fourth-order valence-corrected chi connectivity index (χ4v) is 8.85. The molecule has 1 aromatic heterocycles. The van der Waals surface area contributed by atoms with Gasteiger partial charge >= 0.3 is 0 Å². The van der Waals surface area contributed by atoms with Gasteiger partial charge in [-0.3, -0.25) is 4.68 Å². The molecule has 0 saturated heterocycles. The van der Waals surface area contributed by atoms with Gasteiger partial charge < -0.3 is 4.74 Å². The number of methoxy groups -OCH3 is 1. The Balaban J connectivity index is 1.29. The van der Waals surface area contributed by atoms with Crippen LogP contribution in [0.3, 0.4) is 0 Å². The van der Waals surface area contributed by atoms with Crippen molar-refractivity contribution in [1.82, 2.24) is 9.78 Å². The smallest absolute Gasteiger partial charge is 0.0681 e. The van der Waals surface area contributed by atoms with Crippen molar-refractivity contribution in [3.05, 3.63) is 53.7 Å². The molecule has 3 nitrogen and oxygen atoms in total. The Labute approximate surface area is 199 Å². The molecular formula is C30H40N2O. The Hall–Kier alpha value is -1.87. The largest absolute Gasteiger partial charge is 0.381 e. The Bertz CT molecular complexity index is 1050. The summed E-state index contributed by atoms with van der Waals surface area (Å²) in [6.07, 6.45) is 13.5. The zero-order valence-corrected chi connectivity index (χ0v) is 20.9. The number of rotatable bonds is 3. The van der Waals surface area contributed by atoms with E-state index in [0.717, 1.165) is 24.2 Å². The number of aromatic nitrogens is 2. The molecule has 33 heavy (non-hydrogen) atoms. The molecule has 3 saturated carbocycles. The minimum absolute atomic E-state index is 0.384. The Morgan fingerprint density at radius 1 is 1.00 bits per heavy atom. The molecule has 0 bridgehead atoms. The highest BCUT2D eigenvalue weighted by Gasteiger charge is 2.59. The molecule has 0 N–H and O–H groups in total. The summed E-state index contributed by atoms with van der Waals surface area (Å²) in [6, 6.07) is 13.1. The van der Waals surface area contributed by atoms with E-state index < -0.39 is 0 Å². The first-order valence-corrected chi connectivity index (χ1v) is 13.3. The first kappa shape index (κ1) is 21.6. The van der Waals surface area contributed by atoms with Gasteiger partial charge in [-0.25, -0.2) is 0 Å². The lowest BCUT2D eigenvalue weighted by molar-refractivity contribution is -0.0455. The van der Waals surface area contributed by atoms with Crippen LogP contribution in [-0.2, 0) is 11.8 Å². The Kier molecular flexibility index (Phi) is 5.14. The monoisotopic (exact) mass is 444 g/mol. The van der Waals surface area contributed by atoms with Gasteiger partial charge in [-0.05, 0) is 91.6 Å². The highest BCUT2D eigenvalue weighted by molar-refractivity contribution is 5.60. The minimum atomic E-state index is 0.384. The van der Waals surface area contributed by atoms with Crippen molar-refractivity contribution in [3.63, 3.8) is 0 Å². The number of allylic oxidation sites excluding steroid dienone is 1. The van der Waals surface area contributed by atoms with Crippen LogP contribution in [0.2, 0.25) is 0 Å². The number of hydrogen-bond donors (Lipinski definition) is 0. The molecule has 4 aliphatic carbocycles. The van der Waals surface area contributed by atoms with E-state index in [2.05, 4.69) is 68.1 Å². The van der Waals surface area contributed by atoms with Crippen LogP contribution in [0.1, 0.15) is 76.8 Å². The third-order valence-corrected chi connectivity index (χ3v) is 10.7. The molecule has 0 unspecified atom stereocenters. The summed E-state index contributed by atoms with van der Waals surface area (Å²) >= 11 is 0. The highest BCUT2D eigenvalue weighted by atomic mass is 16.5. The molecule has 3 heteroatoms. The lowest BCUT2D eigenvalue weighted by atomic mass is 9.47. The summed E-state index contributed by atoms with van der Waals surface area (Å²) in [6.45, 7) is 5.22. The molecule has 4 aliphatic rings. The number of hydrogen-bond acceptors (Lipinski definition) is 2. The van der Waals surface area contributed by atoms with Crippen LogP contribution >= 0.6 is 0 Å². The normalized spacial score (nSPS) is 40.0. The number of benzene rings is 1. The fourth-order valence-electron chi connectivity index (χ4n) is 8.85. The molecular weight excluding hydrogens is 404 g/mol. The molecule has 7 atom stereocenters. The van der Waals surface area contributed by atoms with Crippen molar-refractivity contribution in [3.8, 4) is 11.3 Å². The third-order valence-electron chi connectivity index (χ3n) is 10.7. The van der Waals surface area contributed by atoms with Gasteiger partial charge in [0.25, 0.3) is 0 Å². The summed E-state index contributed by atoms with van der Waals surface area (Å²) in [5, 5.41) is 5.10. The van der Waals surface area contributed by atoms with E-state index in [1.165, 1.54) is 61.9 Å². The zero-order chi connectivity index (χ0) is 22.8. The standard InChI is InChI=1S/C30H40N2O/c1-29-16-14-22(33-4)18-21(29)10-11-23-24-12-13-26(30(24,2)17-15-25(23)29)27-19-28(32(3)31-27)20-8-6-5-7-9-20/h5-10,19,22-26H,11-18H2,1-4H3/t22-,23-,24-,25-,26+,29-,30-/m0/s1. The second-order valence-electron chi connectivity index (χ2n) is 12.0. The quantitative estimate of drug-likeness (QED) is 0.470.